The second kappa shape index (κ2) is 6.42. The lowest BCUT2D eigenvalue weighted by Gasteiger charge is -2.01. The van der Waals surface area contributed by atoms with Crippen LogP contribution in [-0.4, -0.2) is 18.3 Å². The third-order valence-electron chi connectivity index (χ3n) is 2.10. The molecule has 0 atom stereocenters. The van der Waals surface area contributed by atoms with Gasteiger partial charge in [-0.25, -0.2) is 4.98 Å². The van der Waals surface area contributed by atoms with Gasteiger partial charge in [-0.15, -0.1) is 0 Å². The zero-order valence-corrected chi connectivity index (χ0v) is 11.3. The molecule has 0 aliphatic carbocycles. The Morgan fingerprint density at radius 3 is 2.61 bits per heavy atom. The van der Waals surface area contributed by atoms with Crippen LogP contribution in [0, 0.1) is 0 Å². The van der Waals surface area contributed by atoms with E-state index in [1.165, 1.54) is 7.11 Å². The molecule has 2 aromatic rings. The van der Waals surface area contributed by atoms with Crippen molar-refractivity contribution in [1.82, 2.24) is 4.98 Å². The molecule has 0 N–H and O–H groups in total. The van der Waals surface area contributed by atoms with Crippen LogP contribution in [0.1, 0.15) is 5.56 Å². The molecule has 18 heavy (non-hydrogen) atoms. The Bertz CT molecular complexity index is 526. The van der Waals surface area contributed by atoms with Gasteiger partial charge in [0.1, 0.15) is 12.1 Å². The van der Waals surface area contributed by atoms with Crippen molar-refractivity contribution in [3.8, 4) is 0 Å². The Hall–Kier alpha value is -1.52. The summed E-state index contributed by atoms with van der Waals surface area (Å²) < 4.78 is 0. The zero-order valence-electron chi connectivity index (χ0n) is 9.71. The molecule has 0 aliphatic heterocycles. The van der Waals surface area contributed by atoms with E-state index >= 15 is 0 Å². The van der Waals surface area contributed by atoms with E-state index in [4.69, 9.17) is 11.6 Å². The van der Waals surface area contributed by atoms with E-state index in [-0.39, 0.29) is 0 Å². The highest BCUT2D eigenvalue weighted by Crippen LogP contribution is 2.26. The molecule has 0 amide bonds. The lowest BCUT2D eigenvalue weighted by Crippen LogP contribution is -1.85. The Labute approximate surface area is 115 Å². The molecule has 0 aliphatic rings. The van der Waals surface area contributed by atoms with Gasteiger partial charge < -0.3 is 4.84 Å². The number of pyridine rings is 1. The highest BCUT2D eigenvalue weighted by Gasteiger charge is 1.99. The lowest BCUT2D eigenvalue weighted by atomic mass is 10.3. The fourth-order valence-corrected chi connectivity index (χ4v) is 2.15. The van der Waals surface area contributed by atoms with Crippen LogP contribution in [-0.2, 0) is 4.84 Å². The monoisotopic (exact) mass is 278 g/mol. The van der Waals surface area contributed by atoms with Crippen molar-refractivity contribution in [3.63, 3.8) is 0 Å². The second-order valence-electron chi connectivity index (χ2n) is 3.40. The summed E-state index contributed by atoms with van der Waals surface area (Å²) in [6, 6.07) is 11.5. The van der Waals surface area contributed by atoms with Gasteiger partial charge in [0, 0.05) is 21.7 Å². The maximum Gasteiger partial charge on any atom is 0.106 e. The molecule has 0 saturated heterocycles. The molecular weight excluding hydrogens is 268 g/mol. The Balaban J connectivity index is 2.06. The fourth-order valence-electron chi connectivity index (χ4n) is 1.27. The molecule has 0 fully saturated rings. The molecule has 2 rings (SSSR count). The molecule has 0 bridgehead atoms. The van der Waals surface area contributed by atoms with Gasteiger partial charge in [0.15, 0.2) is 0 Å². The topological polar surface area (TPSA) is 34.5 Å². The minimum Gasteiger partial charge on any atom is -0.399 e. The van der Waals surface area contributed by atoms with Crippen LogP contribution in [0.3, 0.4) is 0 Å². The van der Waals surface area contributed by atoms with Gasteiger partial charge in [-0.3, -0.25) is 0 Å². The first kappa shape index (κ1) is 12.9. The molecule has 1 aromatic heterocycles. The van der Waals surface area contributed by atoms with Crippen molar-refractivity contribution in [2.45, 2.75) is 9.92 Å². The molecule has 0 radical (unpaired) electrons. The van der Waals surface area contributed by atoms with Crippen LogP contribution >= 0.6 is 23.4 Å². The summed E-state index contributed by atoms with van der Waals surface area (Å²) in [6.07, 6.45) is 3.37. The average molecular weight is 279 g/mol. The number of oxime groups is 1. The van der Waals surface area contributed by atoms with Gasteiger partial charge in [-0.1, -0.05) is 28.5 Å². The molecule has 5 heteroatoms. The summed E-state index contributed by atoms with van der Waals surface area (Å²) in [5, 5.41) is 5.34. The van der Waals surface area contributed by atoms with Crippen LogP contribution < -0.4 is 0 Å². The second-order valence-corrected chi connectivity index (χ2v) is 4.93. The number of hydrogen-bond acceptors (Lipinski definition) is 4. The van der Waals surface area contributed by atoms with E-state index in [9.17, 15) is 0 Å². The normalized spacial score (nSPS) is 10.8. The van der Waals surface area contributed by atoms with Gasteiger partial charge in [0.2, 0.25) is 0 Å². The van der Waals surface area contributed by atoms with E-state index < -0.39 is 0 Å². The highest BCUT2D eigenvalue weighted by molar-refractivity contribution is 7.99. The summed E-state index contributed by atoms with van der Waals surface area (Å²) in [6.45, 7) is 0. The lowest BCUT2D eigenvalue weighted by molar-refractivity contribution is 0.215. The molecule has 1 heterocycles. The van der Waals surface area contributed by atoms with Crippen LogP contribution in [0.25, 0.3) is 0 Å². The fraction of sp³-hybridized carbons (Fsp3) is 0.0769. The van der Waals surface area contributed by atoms with Gasteiger partial charge in [0.25, 0.3) is 0 Å². The van der Waals surface area contributed by atoms with Crippen LogP contribution in [0.4, 0.5) is 0 Å². The first-order valence-electron chi connectivity index (χ1n) is 5.24. The highest BCUT2D eigenvalue weighted by atomic mass is 35.5. The summed E-state index contributed by atoms with van der Waals surface area (Å²) in [5.74, 6) is 0. The molecule has 0 unspecified atom stereocenters. The number of aromatic nitrogens is 1. The molecule has 3 nitrogen and oxygen atoms in total. The van der Waals surface area contributed by atoms with E-state index in [1.807, 2.05) is 36.4 Å². The van der Waals surface area contributed by atoms with E-state index in [2.05, 4.69) is 15.0 Å². The molecule has 0 saturated carbocycles. The maximum absolute atomic E-state index is 5.83. The van der Waals surface area contributed by atoms with E-state index in [1.54, 1.807) is 24.2 Å². The Morgan fingerprint density at radius 1 is 1.22 bits per heavy atom. The van der Waals surface area contributed by atoms with Crippen molar-refractivity contribution in [3.05, 3.63) is 53.2 Å². The Morgan fingerprint density at radius 2 is 2.00 bits per heavy atom. The molecule has 0 spiro atoms. The van der Waals surface area contributed by atoms with Crippen LogP contribution in [0.15, 0.2) is 57.7 Å². The molecule has 92 valence electrons. The standard InChI is InChI=1S/C13H11ClN2OS/c1-17-16-9-10-2-7-13(15-8-10)18-12-5-3-11(14)4-6-12/h2-9H,1H3/b16-9+. The number of rotatable bonds is 4. The average Bonchev–Trinajstić information content (AvgIpc) is 2.41. The SMILES string of the molecule is CO/N=C/c1ccc(Sc2ccc(Cl)cc2)nc1. The number of halogens is 1. The smallest absolute Gasteiger partial charge is 0.106 e. The van der Waals surface area contributed by atoms with E-state index in [0.29, 0.717) is 0 Å². The maximum atomic E-state index is 5.83. The minimum absolute atomic E-state index is 0.735. The summed E-state index contributed by atoms with van der Waals surface area (Å²) >= 11 is 7.42. The summed E-state index contributed by atoms with van der Waals surface area (Å²) in [4.78, 5) is 10.0. The third kappa shape index (κ3) is 3.75. The largest absolute Gasteiger partial charge is 0.399 e. The Kier molecular flexibility index (Phi) is 4.61. The van der Waals surface area contributed by atoms with Crippen molar-refractivity contribution in [2.75, 3.05) is 7.11 Å². The van der Waals surface area contributed by atoms with Crippen LogP contribution in [0.2, 0.25) is 5.02 Å². The van der Waals surface area contributed by atoms with Crippen molar-refractivity contribution in [2.24, 2.45) is 5.16 Å². The summed E-state index contributed by atoms with van der Waals surface area (Å²) in [5.41, 5.74) is 0.900. The third-order valence-corrected chi connectivity index (χ3v) is 3.31. The van der Waals surface area contributed by atoms with Gasteiger partial charge in [0.05, 0.1) is 6.21 Å². The predicted octanol–water partition coefficient (Wildman–Crippen LogP) is 3.87. The first-order chi connectivity index (χ1) is 8.78. The van der Waals surface area contributed by atoms with Gasteiger partial charge in [-0.2, -0.15) is 0 Å². The molecular formula is C13H11ClN2OS. The number of benzene rings is 1. The summed E-state index contributed by atoms with van der Waals surface area (Å²) in [7, 11) is 1.51. The van der Waals surface area contributed by atoms with Crippen molar-refractivity contribution >= 4 is 29.6 Å². The molecule has 1 aromatic carbocycles. The van der Waals surface area contributed by atoms with Gasteiger partial charge in [-0.05, 0) is 36.4 Å². The first-order valence-corrected chi connectivity index (χ1v) is 6.43. The number of nitrogens with zero attached hydrogens (tertiary/aromatic N) is 2. The van der Waals surface area contributed by atoms with Crippen molar-refractivity contribution in [1.29, 1.82) is 0 Å². The van der Waals surface area contributed by atoms with Gasteiger partial charge >= 0.3 is 0 Å². The number of hydrogen-bond donors (Lipinski definition) is 0. The zero-order chi connectivity index (χ0) is 12.8. The van der Waals surface area contributed by atoms with E-state index in [0.717, 1.165) is 20.5 Å². The minimum atomic E-state index is 0.735. The van der Waals surface area contributed by atoms with Crippen molar-refractivity contribution < 1.29 is 4.84 Å². The predicted molar refractivity (Wildman–Crippen MR) is 74.4 cm³/mol. The van der Waals surface area contributed by atoms with Crippen LogP contribution in [0.5, 0.6) is 0 Å². The quantitative estimate of drug-likeness (QED) is 0.629.